The van der Waals surface area contributed by atoms with Crippen molar-refractivity contribution < 1.29 is 4.79 Å². The van der Waals surface area contributed by atoms with Gasteiger partial charge in [-0.05, 0) is 54.4 Å². The Morgan fingerprint density at radius 1 is 1.12 bits per heavy atom. The summed E-state index contributed by atoms with van der Waals surface area (Å²) in [5.41, 5.74) is 5.10. The summed E-state index contributed by atoms with van der Waals surface area (Å²) >= 11 is 1.52. The summed E-state index contributed by atoms with van der Waals surface area (Å²) in [5, 5.41) is 12.7. The van der Waals surface area contributed by atoms with Gasteiger partial charge in [0.1, 0.15) is 11.1 Å². The van der Waals surface area contributed by atoms with Crippen LogP contribution >= 0.6 is 11.8 Å². The van der Waals surface area contributed by atoms with Crippen LogP contribution in [0.1, 0.15) is 55.2 Å². The minimum Gasteiger partial charge on any atom is -0.280 e. The highest BCUT2D eigenvalue weighted by Crippen LogP contribution is 2.38. The third-order valence-electron chi connectivity index (χ3n) is 7.08. The molecule has 0 amide bonds. The minimum atomic E-state index is 0.0642. The van der Waals surface area contributed by atoms with Gasteiger partial charge in [0, 0.05) is 28.6 Å². The first-order chi connectivity index (χ1) is 16.4. The van der Waals surface area contributed by atoms with Crippen LogP contribution in [0.25, 0.3) is 21.8 Å². The Bertz CT molecular complexity index is 1380. The number of aryl methyl sites for hydroxylation is 1. The molecule has 2 heterocycles. The first-order valence-corrected chi connectivity index (χ1v) is 12.9. The molecule has 1 aliphatic rings. The number of thioether (sulfide) groups is 1. The molecule has 0 saturated heterocycles. The summed E-state index contributed by atoms with van der Waals surface area (Å²) in [5.74, 6) is 1.26. The molecule has 0 saturated carbocycles. The SMILES string of the molecule is CC(C)(C)C1CCc2nc(SCCC(=O)n3c4ccccc4c4ccccc43)c(C#N)cc2C1. The largest absolute Gasteiger partial charge is 0.280 e. The Morgan fingerprint density at radius 2 is 1.76 bits per heavy atom. The van der Waals surface area contributed by atoms with Crippen LogP contribution < -0.4 is 0 Å². The van der Waals surface area contributed by atoms with Gasteiger partial charge in [-0.3, -0.25) is 9.36 Å². The minimum absolute atomic E-state index is 0.0642. The van der Waals surface area contributed by atoms with Gasteiger partial charge in [0.2, 0.25) is 5.91 Å². The van der Waals surface area contributed by atoms with Crippen molar-refractivity contribution in [3.63, 3.8) is 0 Å². The zero-order valence-electron chi connectivity index (χ0n) is 20.0. The highest BCUT2D eigenvalue weighted by Gasteiger charge is 2.30. The van der Waals surface area contributed by atoms with E-state index >= 15 is 0 Å². The van der Waals surface area contributed by atoms with Gasteiger partial charge in [0.05, 0.1) is 16.6 Å². The quantitative estimate of drug-likeness (QED) is 0.302. The molecule has 4 aromatic rings. The van der Waals surface area contributed by atoms with Gasteiger partial charge in [0.25, 0.3) is 0 Å². The molecule has 172 valence electrons. The van der Waals surface area contributed by atoms with Crippen LogP contribution in [0, 0.1) is 22.7 Å². The highest BCUT2D eigenvalue weighted by molar-refractivity contribution is 7.99. The molecule has 34 heavy (non-hydrogen) atoms. The molecule has 0 fully saturated rings. The Balaban J connectivity index is 1.35. The Kier molecular flexibility index (Phi) is 5.95. The lowest BCUT2D eigenvalue weighted by atomic mass is 9.71. The molecular weight excluding hydrogens is 438 g/mol. The lowest BCUT2D eigenvalue weighted by Crippen LogP contribution is -2.27. The van der Waals surface area contributed by atoms with Crippen molar-refractivity contribution in [2.75, 3.05) is 5.75 Å². The lowest BCUT2D eigenvalue weighted by Gasteiger charge is -2.34. The molecule has 1 aliphatic carbocycles. The van der Waals surface area contributed by atoms with E-state index in [0.717, 1.165) is 51.8 Å². The molecule has 0 spiro atoms. The standard InChI is InChI=1S/C29H29N3OS/c1-29(2,3)21-12-13-24-19(17-21)16-20(18-30)28(31-24)34-15-14-27(33)32-25-10-6-4-8-22(25)23-9-5-7-11-26(23)32/h4-11,16,21H,12-15,17H2,1-3H3. The Morgan fingerprint density at radius 3 is 2.38 bits per heavy atom. The number of nitriles is 1. The summed E-state index contributed by atoms with van der Waals surface area (Å²) in [6.45, 7) is 6.87. The van der Waals surface area contributed by atoms with Gasteiger partial charge in [-0.2, -0.15) is 5.26 Å². The molecule has 0 bridgehead atoms. The normalized spacial score (nSPS) is 15.9. The van der Waals surface area contributed by atoms with E-state index in [4.69, 9.17) is 4.98 Å². The molecule has 0 N–H and O–H groups in total. The number of nitrogens with zero attached hydrogens (tertiary/aromatic N) is 3. The van der Waals surface area contributed by atoms with Gasteiger partial charge >= 0.3 is 0 Å². The number of benzene rings is 2. The van der Waals surface area contributed by atoms with Gasteiger partial charge < -0.3 is 0 Å². The zero-order chi connectivity index (χ0) is 23.9. The maximum Gasteiger partial charge on any atom is 0.232 e. The molecular formula is C29H29N3OS. The topological polar surface area (TPSA) is 58.7 Å². The van der Waals surface area contributed by atoms with E-state index in [2.05, 4.69) is 39.0 Å². The number of pyridine rings is 1. The number of fused-ring (bicyclic) bond motifs is 4. The van der Waals surface area contributed by atoms with E-state index < -0.39 is 0 Å². The van der Waals surface area contributed by atoms with Gasteiger partial charge in [-0.15, -0.1) is 11.8 Å². The average Bonchev–Trinajstić information content (AvgIpc) is 3.17. The van der Waals surface area contributed by atoms with Crippen molar-refractivity contribution in [2.24, 2.45) is 11.3 Å². The number of aromatic nitrogens is 2. The fourth-order valence-electron chi connectivity index (χ4n) is 5.11. The number of hydrogen-bond donors (Lipinski definition) is 0. The first-order valence-electron chi connectivity index (χ1n) is 11.9. The number of carbonyl (C=O) groups is 1. The molecule has 1 unspecified atom stereocenters. The second-order valence-electron chi connectivity index (χ2n) is 10.2. The van der Waals surface area contributed by atoms with Crippen LogP contribution in [0.2, 0.25) is 0 Å². The van der Waals surface area contributed by atoms with Crippen LogP contribution in [0.15, 0.2) is 59.6 Å². The maximum atomic E-state index is 13.3. The molecule has 5 rings (SSSR count). The summed E-state index contributed by atoms with van der Waals surface area (Å²) in [7, 11) is 0. The molecule has 2 aromatic carbocycles. The van der Waals surface area contributed by atoms with E-state index in [1.54, 1.807) is 0 Å². The van der Waals surface area contributed by atoms with Crippen molar-refractivity contribution in [3.8, 4) is 6.07 Å². The van der Waals surface area contributed by atoms with Gasteiger partial charge in [0.15, 0.2) is 0 Å². The average molecular weight is 468 g/mol. The van der Waals surface area contributed by atoms with Gasteiger partial charge in [-0.25, -0.2) is 4.98 Å². The smallest absolute Gasteiger partial charge is 0.232 e. The second-order valence-corrected chi connectivity index (χ2v) is 11.3. The summed E-state index contributed by atoms with van der Waals surface area (Å²) in [6, 6.07) is 20.5. The summed E-state index contributed by atoms with van der Waals surface area (Å²) in [4.78, 5) is 18.2. The van der Waals surface area contributed by atoms with Crippen LogP contribution in [0.5, 0.6) is 0 Å². The predicted molar refractivity (Wildman–Crippen MR) is 139 cm³/mol. The first kappa shape index (κ1) is 22.7. The molecule has 4 nitrogen and oxygen atoms in total. The van der Waals surface area contributed by atoms with Crippen LogP contribution in [-0.2, 0) is 12.8 Å². The number of hydrogen-bond acceptors (Lipinski definition) is 4. The molecule has 2 aromatic heterocycles. The molecule has 1 atom stereocenters. The van der Waals surface area contributed by atoms with Crippen LogP contribution in [0.3, 0.4) is 0 Å². The van der Waals surface area contributed by atoms with Crippen LogP contribution in [-0.4, -0.2) is 21.2 Å². The van der Waals surface area contributed by atoms with Crippen molar-refractivity contribution in [2.45, 2.75) is 51.5 Å². The monoisotopic (exact) mass is 467 g/mol. The summed E-state index contributed by atoms with van der Waals surface area (Å²) < 4.78 is 1.84. The summed E-state index contributed by atoms with van der Waals surface area (Å²) in [6.07, 6.45) is 3.45. The molecule has 0 aliphatic heterocycles. The van der Waals surface area contributed by atoms with Crippen molar-refractivity contribution in [3.05, 3.63) is 71.4 Å². The predicted octanol–water partition coefficient (Wildman–Crippen LogP) is 7.03. The fourth-order valence-corrected chi connectivity index (χ4v) is 6.02. The van der Waals surface area contributed by atoms with Crippen molar-refractivity contribution in [1.29, 1.82) is 5.26 Å². The number of rotatable bonds is 4. The second kappa shape index (κ2) is 8.92. The maximum absolute atomic E-state index is 13.3. The third-order valence-corrected chi connectivity index (χ3v) is 8.07. The van der Waals surface area contributed by atoms with Crippen molar-refractivity contribution >= 4 is 39.5 Å². The van der Waals surface area contributed by atoms with Crippen LogP contribution in [0.4, 0.5) is 0 Å². The third kappa shape index (κ3) is 4.12. The van der Waals surface area contributed by atoms with E-state index in [1.807, 2.05) is 47.0 Å². The number of carbonyl (C=O) groups excluding carboxylic acids is 1. The highest BCUT2D eigenvalue weighted by atomic mass is 32.2. The van der Waals surface area contributed by atoms with E-state index in [-0.39, 0.29) is 11.3 Å². The van der Waals surface area contributed by atoms with E-state index in [9.17, 15) is 10.1 Å². The van der Waals surface area contributed by atoms with Gasteiger partial charge in [-0.1, -0.05) is 57.2 Å². The molecule has 0 radical (unpaired) electrons. The molecule has 5 heteroatoms. The Labute approximate surface area is 205 Å². The zero-order valence-corrected chi connectivity index (χ0v) is 20.8. The van der Waals surface area contributed by atoms with E-state index in [0.29, 0.717) is 23.7 Å². The number of para-hydroxylation sites is 2. The Hall–Kier alpha value is -3.10. The fraction of sp³-hybridized carbons (Fsp3) is 0.345. The van der Waals surface area contributed by atoms with E-state index in [1.165, 1.54) is 17.3 Å². The lowest BCUT2D eigenvalue weighted by molar-refractivity contribution is 0.0920. The van der Waals surface area contributed by atoms with Crippen molar-refractivity contribution in [1.82, 2.24) is 9.55 Å².